The normalized spacial score (nSPS) is 37.5. The van der Waals surface area contributed by atoms with Crippen molar-refractivity contribution in [2.45, 2.75) is 185 Å². The first kappa shape index (κ1) is 43.3. The van der Waals surface area contributed by atoms with E-state index in [2.05, 4.69) is 6.92 Å². The highest BCUT2D eigenvalue weighted by molar-refractivity contribution is 5.83. The van der Waals surface area contributed by atoms with Crippen LogP contribution in [0.3, 0.4) is 0 Å². The van der Waals surface area contributed by atoms with Crippen LogP contribution in [0, 0.1) is 5.41 Å². The van der Waals surface area contributed by atoms with Gasteiger partial charge in [0, 0.05) is 43.6 Å². The molecule has 53 heavy (non-hydrogen) atoms. The molecule has 3 fully saturated rings. The van der Waals surface area contributed by atoms with Gasteiger partial charge >= 0.3 is 17.9 Å². The zero-order chi connectivity index (χ0) is 38.8. The number of aliphatic hydroxyl groups excluding tert-OH is 2. The molecule has 0 aromatic carbocycles. The predicted octanol–water partition coefficient (Wildman–Crippen LogP) is 4.03. The molecule has 4 aliphatic heterocycles. The Morgan fingerprint density at radius 1 is 1.04 bits per heavy atom. The fourth-order valence-electron chi connectivity index (χ4n) is 7.57. The summed E-state index contributed by atoms with van der Waals surface area (Å²) in [4.78, 5) is 39.1. The van der Waals surface area contributed by atoms with Gasteiger partial charge in [-0.1, -0.05) is 52.5 Å². The van der Waals surface area contributed by atoms with E-state index in [1.165, 1.54) is 20.1 Å². The predicted molar refractivity (Wildman–Crippen MR) is 190 cm³/mol. The summed E-state index contributed by atoms with van der Waals surface area (Å²) in [6.07, 6.45) is 3.18. The molecule has 0 aromatic heterocycles. The molecule has 4 aliphatic rings. The van der Waals surface area contributed by atoms with E-state index in [9.17, 15) is 34.8 Å². The zero-order valence-electron chi connectivity index (χ0n) is 32.0. The molecule has 6 bridgehead atoms. The summed E-state index contributed by atoms with van der Waals surface area (Å²) < 4.78 is 41.2. The number of unbranched alkanes of at least 4 members (excludes halogenated alkanes) is 4. The Balaban J connectivity index is 1.72. The number of cyclic esters (lactones) is 1. The Hall–Kier alpha value is -2.43. The van der Waals surface area contributed by atoms with Crippen molar-refractivity contribution in [3.8, 4) is 0 Å². The summed E-state index contributed by atoms with van der Waals surface area (Å²) in [7, 11) is 1.21. The molecule has 4 rings (SSSR count). The number of methoxy groups -OCH3 is 1. The van der Waals surface area contributed by atoms with E-state index < -0.39 is 83.9 Å². The second-order valence-corrected chi connectivity index (χ2v) is 15.7. The van der Waals surface area contributed by atoms with E-state index in [-0.39, 0.29) is 44.1 Å². The summed E-state index contributed by atoms with van der Waals surface area (Å²) in [6.45, 7) is 7.22. The summed E-state index contributed by atoms with van der Waals surface area (Å²) in [5.41, 5.74) is -1.14. The van der Waals surface area contributed by atoms with Crippen molar-refractivity contribution in [3.63, 3.8) is 0 Å². The second kappa shape index (κ2) is 19.4. The molecule has 0 aliphatic carbocycles. The molecule has 4 heterocycles. The first-order chi connectivity index (χ1) is 25.1. The molecule has 0 aromatic rings. The largest absolute Gasteiger partial charge is 0.466 e. The first-order valence-corrected chi connectivity index (χ1v) is 19.4. The molecule has 302 valence electrons. The third kappa shape index (κ3) is 12.3. The minimum atomic E-state index is -2.30. The third-order valence-electron chi connectivity index (χ3n) is 10.7. The number of esters is 3. The number of carbonyl (C=O) groups excluding carboxylic acids is 3. The minimum absolute atomic E-state index is 0.0342. The lowest BCUT2D eigenvalue weighted by atomic mass is 9.74. The molecule has 14 nitrogen and oxygen atoms in total. The minimum Gasteiger partial charge on any atom is -0.466 e. The van der Waals surface area contributed by atoms with Crippen molar-refractivity contribution in [1.29, 1.82) is 0 Å². The molecule has 3 saturated heterocycles. The Labute approximate surface area is 313 Å². The van der Waals surface area contributed by atoms with Gasteiger partial charge in [-0.3, -0.25) is 9.59 Å². The highest BCUT2D eigenvalue weighted by Gasteiger charge is 2.58. The van der Waals surface area contributed by atoms with Crippen LogP contribution in [0.25, 0.3) is 0 Å². The van der Waals surface area contributed by atoms with Gasteiger partial charge in [0.2, 0.25) is 5.79 Å². The van der Waals surface area contributed by atoms with Crippen molar-refractivity contribution < 1.29 is 68.0 Å². The molecule has 2 unspecified atom stereocenters. The molecule has 14 heteroatoms. The van der Waals surface area contributed by atoms with Gasteiger partial charge in [0.15, 0.2) is 18.2 Å². The SMILES string of the molecule is CCCCCCCC(=O)O[C@H]1/C(=C/C(=O)OC)CC2CC([C@@H](C)O)OC(=O)C[C@H](O)C[C@@H]3CCC[C@](O)(C[C@@H]4CCO[C@H](/C=C/C(C)(C)[C@]1(O)O2)O4)O3. The summed E-state index contributed by atoms with van der Waals surface area (Å²) >= 11 is 0. The zero-order valence-corrected chi connectivity index (χ0v) is 32.0. The Morgan fingerprint density at radius 2 is 1.79 bits per heavy atom. The lowest BCUT2D eigenvalue weighted by Crippen LogP contribution is -2.62. The van der Waals surface area contributed by atoms with Gasteiger partial charge in [0.05, 0.1) is 50.7 Å². The number of hydrogen-bond acceptors (Lipinski definition) is 14. The van der Waals surface area contributed by atoms with E-state index in [0.29, 0.717) is 38.7 Å². The summed E-state index contributed by atoms with van der Waals surface area (Å²) in [5, 5.41) is 45.7. The molecular weight excluding hydrogens is 692 g/mol. The van der Waals surface area contributed by atoms with Crippen LogP contribution < -0.4 is 0 Å². The standard InChI is InChI=1S/C39H62O14/c1-6-7-8-9-10-13-32(42)51-36-26(20-33(43)47-5)19-30-23-31(25(2)40)50-34(44)22-27(41)21-28-12-11-16-38(45,52-28)24-29-15-18-48-35(49-29)14-17-37(3,4)39(36,46)53-30/h14,17,20,25,27-31,35-36,40-41,45-46H,6-13,15-16,18-19,21-24H2,1-5H3/b17-14+,26-20+/t25-,27-,28+,29+,30?,31?,35+,36+,38-,39-/m1/s1. The average Bonchev–Trinajstić information content (AvgIpc) is 3.08. The van der Waals surface area contributed by atoms with Crippen LogP contribution in [0.4, 0.5) is 0 Å². The molecule has 0 saturated carbocycles. The molecule has 10 atom stereocenters. The van der Waals surface area contributed by atoms with Crippen molar-refractivity contribution >= 4 is 17.9 Å². The van der Waals surface area contributed by atoms with Crippen LogP contribution >= 0.6 is 0 Å². The molecule has 0 radical (unpaired) electrons. The van der Waals surface area contributed by atoms with Crippen molar-refractivity contribution in [3.05, 3.63) is 23.8 Å². The average molecular weight is 755 g/mol. The quantitative estimate of drug-likeness (QED) is 0.0866. The number of aliphatic hydroxyl groups is 4. The monoisotopic (exact) mass is 754 g/mol. The number of ether oxygens (including phenoxy) is 7. The number of carbonyl (C=O) groups is 3. The Morgan fingerprint density at radius 3 is 2.51 bits per heavy atom. The molecule has 0 spiro atoms. The highest BCUT2D eigenvalue weighted by atomic mass is 16.7. The van der Waals surface area contributed by atoms with Gasteiger partial charge in [0.25, 0.3) is 0 Å². The van der Waals surface area contributed by atoms with Crippen LogP contribution in [-0.2, 0) is 47.5 Å². The van der Waals surface area contributed by atoms with Gasteiger partial charge in [-0.25, -0.2) is 4.79 Å². The van der Waals surface area contributed by atoms with E-state index in [1.54, 1.807) is 26.0 Å². The lowest BCUT2D eigenvalue weighted by Gasteiger charge is -2.51. The van der Waals surface area contributed by atoms with Gasteiger partial charge in [-0.05, 0) is 50.7 Å². The van der Waals surface area contributed by atoms with Gasteiger partial charge < -0.3 is 53.6 Å². The number of hydrogen-bond donors (Lipinski definition) is 4. The van der Waals surface area contributed by atoms with Crippen LogP contribution in [0.15, 0.2) is 23.8 Å². The molecule has 4 N–H and O–H groups in total. The topological polar surface area (TPSA) is 197 Å². The van der Waals surface area contributed by atoms with Crippen molar-refractivity contribution in [2.24, 2.45) is 5.41 Å². The van der Waals surface area contributed by atoms with Crippen LogP contribution in [-0.4, -0.2) is 113 Å². The maximum atomic E-state index is 13.3. The van der Waals surface area contributed by atoms with E-state index in [0.717, 1.165) is 25.7 Å². The van der Waals surface area contributed by atoms with Crippen LogP contribution in [0.1, 0.15) is 124 Å². The van der Waals surface area contributed by atoms with Crippen LogP contribution in [0.5, 0.6) is 0 Å². The smallest absolute Gasteiger partial charge is 0.330 e. The third-order valence-corrected chi connectivity index (χ3v) is 10.7. The van der Waals surface area contributed by atoms with E-state index in [1.807, 2.05) is 0 Å². The van der Waals surface area contributed by atoms with Gasteiger partial charge in [0.1, 0.15) is 6.10 Å². The summed E-state index contributed by atoms with van der Waals surface area (Å²) in [6, 6.07) is 0. The highest BCUT2D eigenvalue weighted by Crippen LogP contribution is 2.47. The maximum Gasteiger partial charge on any atom is 0.330 e. The Bertz CT molecular complexity index is 1280. The van der Waals surface area contributed by atoms with Gasteiger partial charge in [-0.15, -0.1) is 0 Å². The molecule has 0 amide bonds. The maximum absolute atomic E-state index is 13.3. The first-order valence-electron chi connectivity index (χ1n) is 19.4. The number of fused-ring (bicyclic) bond motifs is 6. The van der Waals surface area contributed by atoms with Crippen molar-refractivity contribution in [1.82, 2.24) is 0 Å². The second-order valence-electron chi connectivity index (χ2n) is 15.7. The lowest BCUT2D eigenvalue weighted by molar-refractivity contribution is -0.327. The number of rotatable bonds is 9. The van der Waals surface area contributed by atoms with Gasteiger partial charge in [-0.2, -0.15) is 0 Å². The van der Waals surface area contributed by atoms with Crippen LogP contribution in [0.2, 0.25) is 0 Å². The Kier molecular flexibility index (Phi) is 15.9. The van der Waals surface area contributed by atoms with E-state index in [4.69, 9.17) is 33.2 Å². The fraction of sp³-hybridized carbons (Fsp3) is 0.821. The van der Waals surface area contributed by atoms with Crippen molar-refractivity contribution in [2.75, 3.05) is 13.7 Å². The fourth-order valence-corrected chi connectivity index (χ4v) is 7.57. The van der Waals surface area contributed by atoms with E-state index >= 15 is 0 Å². The molecular formula is C39H62O14. The summed E-state index contributed by atoms with van der Waals surface area (Å²) in [5.74, 6) is -5.90.